The van der Waals surface area contributed by atoms with Gasteiger partial charge in [-0.2, -0.15) is 0 Å². The summed E-state index contributed by atoms with van der Waals surface area (Å²) in [4.78, 5) is 29.0. The highest BCUT2D eigenvalue weighted by Gasteiger charge is 2.12. The maximum Gasteiger partial charge on any atom is 0.328 e. The molecule has 0 saturated carbocycles. The Labute approximate surface area is 109 Å². The number of aromatic amines is 1. The number of hydrogen-bond donors (Lipinski definition) is 3. The largest absolute Gasteiger partial charge is 0.389 e. The topological polar surface area (TPSA) is 99.5 Å². The second-order valence-corrected chi connectivity index (χ2v) is 4.02. The Balaban J connectivity index is 0.00000162. The van der Waals surface area contributed by atoms with E-state index in [1.807, 2.05) is 0 Å². The van der Waals surface area contributed by atoms with E-state index in [0.717, 1.165) is 0 Å². The van der Waals surface area contributed by atoms with Crippen LogP contribution in [-0.2, 0) is 6.54 Å². The first-order valence-corrected chi connectivity index (χ1v) is 5.32. The molecule has 0 amide bonds. The van der Waals surface area contributed by atoms with Gasteiger partial charge in [-0.1, -0.05) is 0 Å². The van der Waals surface area contributed by atoms with Crippen molar-refractivity contribution in [1.29, 1.82) is 0 Å². The van der Waals surface area contributed by atoms with Gasteiger partial charge in [0.15, 0.2) is 0 Å². The fraction of sp³-hybridized carbons (Fsp3) is 0.500. The van der Waals surface area contributed by atoms with E-state index >= 15 is 0 Å². The number of aliphatic hydroxyl groups excluding tert-OH is 1. The normalized spacial score (nSPS) is 18.6. The molecule has 1 aliphatic heterocycles. The zero-order chi connectivity index (χ0) is 12.4. The number of aliphatic hydroxyl groups is 1. The predicted molar refractivity (Wildman–Crippen MR) is 69.6 cm³/mol. The number of H-pyrrole nitrogens is 1. The van der Waals surface area contributed by atoms with Gasteiger partial charge in [-0.05, 0) is 6.92 Å². The summed E-state index contributed by atoms with van der Waals surface area (Å²) in [6, 6.07) is 0. The molecular weight excluding hydrogens is 260 g/mol. The number of nitrogens with zero attached hydrogens (tertiary/aromatic N) is 2. The summed E-state index contributed by atoms with van der Waals surface area (Å²) in [5, 5.41) is 12.2. The zero-order valence-corrected chi connectivity index (χ0v) is 10.7. The van der Waals surface area contributed by atoms with Gasteiger partial charge < -0.3 is 10.4 Å². The average molecular weight is 275 g/mol. The molecule has 100 valence electrons. The lowest BCUT2D eigenvalue weighted by atomic mass is 10.3. The Hall–Kier alpha value is -1.60. The van der Waals surface area contributed by atoms with Gasteiger partial charge in [0, 0.05) is 18.3 Å². The van der Waals surface area contributed by atoms with Gasteiger partial charge in [-0.15, -0.1) is 12.4 Å². The molecule has 0 bridgehead atoms. The van der Waals surface area contributed by atoms with Crippen molar-refractivity contribution in [3.8, 4) is 0 Å². The lowest BCUT2D eigenvalue weighted by Crippen LogP contribution is -2.43. The monoisotopic (exact) mass is 274 g/mol. The van der Waals surface area contributed by atoms with Crippen LogP contribution in [0.4, 0.5) is 0 Å². The number of aromatic nitrogens is 2. The molecule has 0 fully saturated rings. The van der Waals surface area contributed by atoms with Gasteiger partial charge >= 0.3 is 5.69 Å². The first-order valence-electron chi connectivity index (χ1n) is 5.32. The van der Waals surface area contributed by atoms with Crippen LogP contribution in [0, 0.1) is 6.92 Å². The Morgan fingerprint density at radius 1 is 1.56 bits per heavy atom. The summed E-state index contributed by atoms with van der Waals surface area (Å²) in [6.45, 7) is 2.66. The minimum Gasteiger partial charge on any atom is -0.389 e. The molecule has 1 aromatic heterocycles. The third-order valence-corrected chi connectivity index (χ3v) is 2.54. The number of aliphatic imine (C=N–C) groups is 1. The highest BCUT2D eigenvalue weighted by Crippen LogP contribution is 1.94. The molecular formula is C10H15ClN4O3. The lowest BCUT2D eigenvalue weighted by Gasteiger charge is -2.19. The number of aryl methyl sites for hydroxylation is 1. The van der Waals surface area contributed by atoms with Gasteiger partial charge in [-0.3, -0.25) is 19.3 Å². The van der Waals surface area contributed by atoms with Crippen molar-refractivity contribution in [2.45, 2.75) is 19.6 Å². The summed E-state index contributed by atoms with van der Waals surface area (Å²) < 4.78 is 1.38. The number of rotatable bonds is 2. The lowest BCUT2D eigenvalue weighted by molar-refractivity contribution is 0.181. The van der Waals surface area contributed by atoms with Crippen LogP contribution in [0.2, 0.25) is 0 Å². The number of nitrogens with one attached hydrogen (secondary N) is 2. The van der Waals surface area contributed by atoms with Crippen molar-refractivity contribution >= 4 is 18.2 Å². The van der Waals surface area contributed by atoms with Crippen LogP contribution < -0.4 is 16.6 Å². The minimum absolute atomic E-state index is 0. The second-order valence-electron chi connectivity index (χ2n) is 4.02. The number of halogens is 1. The van der Waals surface area contributed by atoms with Crippen molar-refractivity contribution in [3.63, 3.8) is 0 Å². The Kier molecular flexibility index (Phi) is 4.69. The maximum atomic E-state index is 11.5. The molecule has 0 aromatic carbocycles. The van der Waals surface area contributed by atoms with Crippen LogP contribution in [0.3, 0.4) is 0 Å². The van der Waals surface area contributed by atoms with Gasteiger partial charge in [0.25, 0.3) is 5.56 Å². The van der Waals surface area contributed by atoms with E-state index in [1.54, 1.807) is 6.92 Å². The molecule has 8 heteroatoms. The van der Waals surface area contributed by atoms with Crippen LogP contribution >= 0.6 is 12.4 Å². The molecule has 7 nitrogen and oxygen atoms in total. The van der Waals surface area contributed by atoms with E-state index in [-0.39, 0.29) is 24.5 Å². The third-order valence-electron chi connectivity index (χ3n) is 2.54. The van der Waals surface area contributed by atoms with Crippen molar-refractivity contribution in [2.75, 3.05) is 13.1 Å². The van der Waals surface area contributed by atoms with E-state index in [4.69, 9.17) is 0 Å². The zero-order valence-electron chi connectivity index (χ0n) is 9.84. The number of amidine groups is 1. The van der Waals surface area contributed by atoms with Gasteiger partial charge in [0.1, 0.15) is 5.84 Å². The molecule has 2 heterocycles. The molecule has 0 spiro atoms. The Morgan fingerprint density at radius 2 is 2.28 bits per heavy atom. The van der Waals surface area contributed by atoms with Crippen molar-refractivity contribution in [3.05, 3.63) is 32.6 Å². The third kappa shape index (κ3) is 3.21. The van der Waals surface area contributed by atoms with Crippen LogP contribution in [0.15, 0.2) is 20.8 Å². The molecule has 0 radical (unpaired) electrons. The molecule has 0 saturated heterocycles. The van der Waals surface area contributed by atoms with Gasteiger partial charge in [0.05, 0.1) is 19.2 Å². The summed E-state index contributed by atoms with van der Waals surface area (Å²) in [5.74, 6) is 0.629. The van der Waals surface area contributed by atoms with Crippen LogP contribution in [0.5, 0.6) is 0 Å². The van der Waals surface area contributed by atoms with Crippen LogP contribution in [0.1, 0.15) is 5.56 Å². The van der Waals surface area contributed by atoms with E-state index in [9.17, 15) is 14.7 Å². The molecule has 1 atom stereocenters. The quantitative estimate of drug-likeness (QED) is 0.619. The van der Waals surface area contributed by atoms with Crippen LogP contribution in [-0.4, -0.2) is 39.7 Å². The Bertz CT molecular complexity index is 563. The molecule has 1 unspecified atom stereocenters. The van der Waals surface area contributed by atoms with E-state index in [2.05, 4.69) is 15.3 Å². The highest BCUT2D eigenvalue weighted by molar-refractivity contribution is 5.85. The summed E-state index contributed by atoms with van der Waals surface area (Å²) >= 11 is 0. The first-order chi connectivity index (χ1) is 8.06. The molecule has 3 N–H and O–H groups in total. The molecule has 2 rings (SSSR count). The second kappa shape index (κ2) is 5.83. The van der Waals surface area contributed by atoms with Gasteiger partial charge in [0.2, 0.25) is 0 Å². The standard InChI is InChI=1S/C10H14N4O3.ClH/c1-6-4-14(10(17)13-9(6)16)5-8-11-2-7(15)3-12-8;/h4,7,15H,2-3,5H2,1H3,(H,11,12)(H,13,16,17);1H. The summed E-state index contributed by atoms with van der Waals surface area (Å²) in [7, 11) is 0. The van der Waals surface area contributed by atoms with E-state index < -0.39 is 11.8 Å². The van der Waals surface area contributed by atoms with Gasteiger partial charge in [-0.25, -0.2) is 4.79 Å². The van der Waals surface area contributed by atoms with E-state index in [1.165, 1.54) is 10.8 Å². The van der Waals surface area contributed by atoms with Crippen molar-refractivity contribution in [1.82, 2.24) is 14.9 Å². The number of hydrogen-bond acceptors (Lipinski definition) is 5. The molecule has 18 heavy (non-hydrogen) atoms. The molecule has 0 aliphatic carbocycles. The van der Waals surface area contributed by atoms with Crippen molar-refractivity contribution in [2.24, 2.45) is 4.99 Å². The minimum atomic E-state index is -0.479. The molecule has 1 aliphatic rings. The fourth-order valence-electron chi connectivity index (χ4n) is 1.57. The first kappa shape index (κ1) is 14.5. The smallest absolute Gasteiger partial charge is 0.328 e. The average Bonchev–Trinajstić information content (AvgIpc) is 2.29. The van der Waals surface area contributed by atoms with Crippen molar-refractivity contribution < 1.29 is 5.11 Å². The van der Waals surface area contributed by atoms with E-state index in [0.29, 0.717) is 24.5 Å². The summed E-state index contributed by atoms with van der Waals surface area (Å²) in [6.07, 6.45) is 1.02. The predicted octanol–water partition coefficient (Wildman–Crippen LogP) is -1.37. The van der Waals surface area contributed by atoms with Crippen LogP contribution in [0.25, 0.3) is 0 Å². The SMILES string of the molecule is Cc1cn(CC2=NCC(O)CN2)c(=O)[nH]c1=O.Cl. The highest BCUT2D eigenvalue weighted by atomic mass is 35.5. The molecule has 1 aromatic rings. The number of β-amino-alcohol motifs (C(OH)–C–C–N with tert-alkyl or cyclic N) is 1. The maximum absolute atomic E-state index is 11.5. The Morgan fingerprint density at radius 3 is 2.89 bits per heavy atom. The summed E-state index contributed by atoms with van der Waals surface area (Å²) in [5.41, 5.74) is -0.363. The fourth-order valence-corrected chi connectivity index (χ4v) is 1.57.